The first-order chi connectivity index (χ1) is 11.0. The van der Waals surface area contributed by atoms with Crippen molar-refractivity contribution in [1.29, 1.82) is 5.26 Å². The van der Waals surface area contributed by atoms with Gasteiger partial charge in [0.25, 0.3) is 0 Å². The number of nitrogens with zero attached hydrogens (tertiary/aromatic N) is 2. The molecule has 0 atom stereocenters. The van der Waals surface area contributed by atoms with Gasteiger partial charge in [0.05, 0.1) is 24.9 Å². The summed E-state index contributed by atoms with van der Waals surface area (Å²) in [7, 11) is 1.76. The molecule has 1 aromatic carbocycles. The van der Waals surface area contributed by atoms with Gasteiger partial charge in [-0.3, -0.25) is 0 Å². The number of hydrogen-bond donors (Lipinski definition) is 1. The van der Waals surface area contributed by atoms with E-state index >= 15 is 0 Å². The minimum atomic E-state index is -0.396. The Kier molecular flexibility index (Phi) is 5.20. The quantitative estimate of drug-likeness (QED) is 0.865. The monoisotopic (exact) mass is 312 g/mol. The van der Waals surface area contributed by atoms with Gasteiger partial charge in [-0.25, -0.2) is 4.79 Å². The van der Waals surface area contributed by atoms with Crippen LogP contribution in [0, 0.1) is 11.3 Å². The van der Waals surface area contributed by atoms with E-state index < -0.39 is 5.97 Å². The van der Waals surface area contributed by atoms with E-state index in [2.05, 4.69) is 6.07 Å². The zero-order chi connectivity index (χ0) is 17.0. The molecular formula is C18H20N2O3. The summed E-state index contributed by atoms with van der Waals surface area (Å²) in [5.41, 5.74) is 4.24. The van der Waals surface area contributed by atoms with E-state index in [0.29, 0.717) is 24.3 Å². The van der Waals surface area contributed by atoms with Gasteiger partial charge in [-0.15, -0.1) is 0 Å². The number of carbonyl (C=O) groups excluding carboxylic acids is 1. The van der Waals surface area contributed by atoms with E-state index in [4.69, 9.17) is 9.84 Å². The Morgan fingerprint density at radius 2 is 2.04 bits per heavy atom. The molecule has 2 rings (SSSR count). The summed E-state index contributed by atoms with van der Waals surface area (Å²) in [5, 5.41) is 18.5. The standard InChI is InChI=1S/C18H20N2O3/c1-4-23-18(22)17-16(9-15(10-19)12(2)20(17)3)14-7-5-13(11-21)6-8-14/h5-8,21H,4,9,11H2,1-3H3. The second-order valence-electron chi connectivity index (χ2n) is 5.31. The molecule has 1 N–H and O–H groups in total. The summed E-state index contributed by atoms with van der Waals surface area (Å²) in [5.74, 6) is -0.396. The van der Waals surface area contributed by atoms with Crippen LogP contribution in [-0.2, 0) is 16.1 Å². The summed E-state index contributed by atoms with van der Waals surface area (Å²) >= 11 is 0. The molecule has 1 aliphatic rings. The molecule has 5 heteroatoms. The van der Waals surface area contributed by atoms with Crippen LogP contribution in [0.5, 0.6) is 0 Å². The number of aliphatic hydroxyl groups is 1. The van der Waals surface area contributed by atoms with Gasteiger partial charge in [-0.1, -0.05) is 24.3 Å². The summed E-state index contributed by atoms with van der Waals surface area (Å²) in [4.78, 5) is 14.1. The van der Waals surface area contributed by atoms with E-state index in [0.717, 1.165) is 22.4 Å². The van der Waals surface area contributed by atoms with E-state index in [1.54, 1.807) is 18.9 Å². The second-order valence-corrected chi connectivity index (χ2v) is 5.31. The van der Waals surface area contributed by atoms with Crippen molar-refractivity contribution in [2.75, 3.05) is 13.7 Å². The largest absolute Gasteiger partial charge is 0.461 e. The molecule has 0 spiro atoms. The lowest BCUT2D eigenvalue weighted by Gasteiger charge is -2.30. The molecule has 0 unspecified atom stereocenters. The SMILES string of the molecule is CCOC(=O)C1=C(c2ccc(CO)cc2)CC(C#N)=C(C)N1C. The molecular weight excluding hydrogens is 292 g/mol. The average Bonchev–Trinajstić information content (AvgIpc) is 2.57. The van der Waals surface area contributed by atoms with Crippen LogP contribution in [0.15, 0.2) is 41.2 Å². The number of hydrogen-bond acceptors (Lipinski definition) is 5. The maximum atomic E-state index is 12.4. The smallest absolute Gasteiger partial charge is 0.355 e. The summed E-state index contributed by atoms with van der Waals surface area (Å²) in [6, 6.07) is 9.53. The number of ether oxygens (including phenoxy) is 1. The molecule has 0 bridgehead atoms. The van der Waals surface area contributed by atoms with Gasteiger partial charge >= 0.3 is 5.97 Å². The molecule has 0 radical (unpaired) electrons. The minimum absolute atomic E-state index is 0.0353. The third kappa shape index (κ3) is 3.27. The highest BCUT2D eigenvalue weighted by atomic mass is 16.5. The first-order valence-electron chi connectivity index (χ1n) is 7.47. The van der Waals surface area contributed by atoms with Crippen molar-refractivity contribution in [1.82, 2.24) is 4.90 Å². The Balaban J connectivity index is 2.55. The Labute approximate surface area is 136 Å². The number of likely N-dealkylation sites (N-methyl/N-ethyl adjacent to an activating group) is 1. The maximum Gasteiger partial charge on any atom is 0.355 e. The van der Waals surface area contributed by atoms with Crippen molar-refractivity contribution in [2.24, 2.45) is 0 Å². The van der Waals surface area contributed by atoms with Crippen LogP contribution >= 0.6 is 0 Å². The van der Waals surface area contributed by atoms with Crippen molar-refractivity contribution in [3.63, 3.8) is 0 Å². The molecule has 23 heavy (non-hydrogen) atoms. The lowest BCUT2D eigenvalue weighted by atomic mass is 9.91. The predicted molar refractivity (Wildman–Crippen MR) is 86.6 cm³/mol. The highest BCUT2D eigenvalue weighted by Gasteiger charge is 2.29. The van der Waals surface area contributed by atoms with Gasteiger partial charge in [-0.05, 0) is 30.5 Å². The zero-order valence-corrected chi connectivity index (χ0v) is 13.6. The van der Waals surface area contributed by atoms with Gasteiger partial charge in [-0.2, -0.15) is 5.26 Å². The predicted octanol–water partition coefficient (Wildman–Crippen LogP) is 2.59. The van der Waals surface area contributed by atoms with Crippen LogP contribution in [0.3, 0.4) is 0 Å². The van der Waals surface area contributed by atoms with Gasteiger partial charge in [0.15, 0.2) is 0 Å². The molecule has 0 aromatic heterocycles. The van der Waals surface area contributed by atoms with Crippen LogP contribution in [0.2, 0.25) is 0 Å². The molecule has 1 aromatic rings. The molecule has 1 heterocycles. The van der Waals surface area contributed by atoms with Gasteiger partial charge in [0.2, 0.25) is 0 Å². The topological polar surface area (TPSA) is 73.6 Å². The van der Waals surface area contributed by atoms with E-state index in [1.165, 1.54) is 0 Å². The van der Waals surface area contributed by atoms with E-state index in [1.807, 2.05) is 31.2 Å². The maximum absolute atomic E-state index is 12.4. The molecule has 0 amide bonds. The Hall–Kier alpha value is -2.58. The number of nitriles is 1. The van der Waals surface area contributed by atoms with Gasteiger partial charge in [0, 0.05) is 19.2 Å². The average molecular weight is 312 g/mol. The van der Waals surface area contributed by atoms with Crippen molar-refractivity contribution in [2.45, 2.75) is 26.9 Å². The molecule has 5 nitrogen and oxygen atoms in total. The van der Waals surface area contributed by atoms with Crippen molar-refractivity contribution < 1.29 is 14.6 Å². The zero-order valence-electron chi connectivity index (χ0n) is 13.6. The lowest BCUT2D eigenvalue weighted by molar-refractivity contribution is -0.139. The van der Waals surface area contributed by atoms with E-state index in [-0.39, 0.29) is 6.61 Å². The van der Waals surface area contributed by atoms with Crippen molar-refractivity contribution >= 4 is 11.5 Å². The molecule has 120 valence electrons. The van der Waals surface area contributed by atoms with Crippen LogP contribution in [-0.4, -0.2) is 29.6 Å². The molecule has 0 fully saturated rings. The second kappa shape index (κ2) is 7.12. The highest BCUT2D eigenvalue weighted by Crippen LogP contribution is 2.35. The van der Waals surface area contributed by atoms with Crippen LogP contribution in [0.25, 0.3) is 5.57 Å². The summed E-state index contributed by atoms with van der Waals surface area (Å²) in [6.45, 7) is 3.84. The third-order valence-corrected chi connectivity index (χ3v) is 4.00. The lowest BCUT2D eigenvalue weighted by Crippen LogP contribution is -2.29. The first-order valence-corrected chi connectivity index (χ1v) is 7.47. The van der Waals surface area contributed by atoms with E-state index in [9.17, 15) is 10.1 Å². The number of esters is 1. The van der Waals surface area contributed by atoms with Crippen molar-refractivity contribution in [3.05, 3.63) is 52.4 Å². The number of rotatable bonds is 4. The summed E-state index contributed by atoms with van der Waals surface area (Å²) in [6.07, 6.45) is 0.388. The molecule has 0 saturated heterocycles. The molecule has 0 saturated carbocycles. The Morgan fingerprint density at radius 3 is 2.57 bits per heavy atom. The number of allylic oxidation sites excluding steroid dienone is 3. The minimum Gasteiger partial charge on any atom is -0.461 e. The normalized spacial score (nSPS) is 14.8. The number of carbonyl (C=O) groups is 1. The van der Waals surface area contributed by atoms with Crippen LogP contribution in [0.1, 0.15) is 31.4 Å². The fourth-order valence-electron chi connectivity index (χ4n) is 2.59. The van der Waals surface area contributed by atoms with Crippen molar-refractivity contribution in [3.8, 4) is 6.07 Å². The highest BCUT2D eigenvalue weighted by molar-refractivity contribution is 5.98. The Morgan fingerprint density at radius 1 is 1.39 bits per heavy atom. The van der Waals surface area contributed by atoms with Gasteiger partial charge in [0.1, 0.15) is 5.70 Å². The first kappa shape index (κ1) is 16.8. The third-order valence-electron chi connectivity index (χ3n) is 4.00. The molecule has 0 aliphatic carbocycles. The summed E-state index contributed by atoms with van der Waals surface area (Å²) < 4.78 is 5.18. The molecule has 1 aliphatic heterocycles. The number of benzene rings is 1. The Bertz CT molecular complexity index is 709. The van der Waals surface area contributed by atoms with Crippen LogP contribution in [0.4, 0.5) is 0 Å². The van der Waals surface area contributed by atoms with Gasteiger partial charge < -0.3 is 14.7 Å². The fourth-order valence-corrected chi connectivity index (χ4v) is 2.59. The van der Waals surface area contributed by atoms with Crippen LogP contribution < -0.4 is 0 Å². The number of aliphatic hydroxyl groups excluding tert-OH is 1. The fraction of sp³-hybridized carbons (Fsp3) is 0.333.